The molecular formula is C8H5ClN2S2. The van der Waals surface area contributed by atoms with Crippen molar-refractivity contribution in [1.82, 2.24) is 10.2 Å². The van der Waals surface area contributed by atoms with E-state index < -0.39 is 0 Å². The fourth-order valence-corrected chi connectivity index (χ4v) is 2.33. The minimum atomic E-state index is 0.613. The normalized spacial score (nSPS) is 10.2. The zero-order valence-corrected chi connectivity index (χ0v) is 8.84. The number of H-pyrrole nitrogens is 1. The third-order valence-corrected chi connectivity index (χ3v) is 3.14. The van der Waals surface area contributed by atoms with Crippen molar-refractivity contribution >= 4 is 35.2 Å². The van der Waals surface area contributed by atoms with Gasteiger partial charge < -0.3 is 0 Å². The summed E-state index contributed by atoms with van der Waals surface area (Å²) in [4.78, 5) is 1.01. The van der Waals surface area contributed by atoms with Crippen LogP contribution in [0.15, 0.2) is 23.7 Å². The van der Waals surface area contributed by atoms with Crippen LogP contribution >= 0.6 is 35.2 Å². The SMILES string of the molecule is S=c1cc(-c2sccc2Cl)cn[nH]1. The molecule has 2 aromatic rings. The van der Waals surface area contributed by atoms with Gasteiger partial charge in [-0.25, -0.2) is 0 Å². The Morgan fingerprint density at radius 3 is 3.00 bits per heavy atom. The molecule has 2 rings (SSSR count). The van der Waals surface area contributed by atoms with Crippen molar-refractivity contribution in [3.05, 3.63) is 33.4 Å². The van der Waals surface area contributed by atoms with Crippen molar-refractivity contribution in [3.8, 4) is 10.4 Å². The Kier molecular flexibility index (Phi) is 2.44. The minimum Gasteiger partial charge on any atom is -0.268 e. The fourth-order valence-electron chi connectivity index (χ4n) is 1.00. The summed E-state index contributed by atoms with van der Waals surface area (Å²) in [5, 5.41) is 9.26. The van der Waals surface area contributed by atoms with Gasteiger partial charge >= 0.3 is 0 Å². The second kappa shape index (κ2) is 3.57. The van der Waals surface area contributed by atoms with E-state index in [-0.39, 0.29) is 0 Å². The van der Waals surface area contributed by atoms with Gasteiger partial charge in [-0.05, 0) is 17.5 Å². The molecule has 0 radical (unpaired) electrons. The number of nitrogens with one attached hydrogen (secondary N) is 1. The topological polar surface area (TPSA) is 28.7 Å². The van der Waals surface area contributed by atoms with Crippen LogP contribution in [0.1, 0.15) is 0 Å². The van der Waals surface area contributed by atoms with Crippen LogP contribution in [0.3, 0.4) is 0 Å². The Morgan fingerprint density at radius 1 is 1.54 bits per heavy atom. The molecule has 2 nitrogen and oxygen atoms in total. The van der Waals surface area contributed by atoms with E-state index in [9.17, 15) is 0 Å². The van der Waals surface area contributed by atoms with Crippen LogP contribution < -0.4 is 0 Å². The third-order valence-electron chi connectivity index (χ3n) is 1.54. The zero-order valence-electron chi connectivity index (χ0n) is 6.45. The second-order valence-corrected chi connectivity index (χ2v) is 4.19. The maximum atomic E-state index is 5.97. The van der Waals surface area contributed by atoms with Crippen molar-refractivity contribution in [2.75, 3.05) is 0 Å². The highest BCUT2D eigenvalue weighted by Gasteiger charge is 2.04. The molecule has 0 aliphatic carbocycles. The Hall–Kier alpha value is -0.710. The number of aromatic amines is 1. The van der Waals surface area contributed by atoms with E-state index in [2.05, 4.69) is 10.2 Å². The van der Waals surface area contributed by atoms with Gasteiger partial charge in [-0.1, -0.05) is 23.8 Å². The third kappa shape index (κ3) is 1.80. The molecule has 0 saturated carbocycles. The summed E-state index contributed by atoms with van der Waals surface area (Å²) in [5.41, 5.74) is 0.962. The maximum absolute atomic E-state index is 5.97. The molecule has 0 unspecified atom stereocenters. The van der Waals surface area contributed by atoms with Crippen LogP contribution in [0.2, 0.25) is 5.02 Å². The summed E-state index contributed by atoms with van der Waals surface area (Å²) in [6.45, 7) is 0. The van der Waals surface area contributed by atoms with Gasteiger partial charge in [-0.15, -0.1) is 11.3 Å². The van der Waals surface area contributed by atoms with Gasteiger partial charge in [0.1, 0.15) is 4.64 Å². The van der Waals surface area contributed by atoms with Gasteiger partial charge in [-0.3, -0.25) is 5.10 Å². The summed E-state index contributed by atoms with van der Waals surface area (Å²) < 4.78 is 0.613. The lowest BCUT2D eigenvalue weighted by atomic mass is 10.2. The van der Waals surface area contributed by atoms with Crippen molar-refractivity contribution in [3.63, 3.8) is 0 Å². The minimum absolute atomic E-state index is 0.613. The standard InChI is InChI=1S/C8H5ClN2S2/c9-6-1-2-13-8(6)5-3-7(12)11-10-4-5/h1-4H,(H,11,12). The van der Waals surface area contributed by atoms with Gasteiger partial charge in [0.25, 0.3) is 0 Å². The molecule has 0 bridgehead atoms. The van der Waals surface area contributed by atoms with Gasteiger partial charge in [0.15, 0.2) is 0 Å². The molecule has 0 spiro atoms. The summed E-state index contributed by atoms with van der Waals surface area (Å²) in [5.74, 6) is 0. The first kappa shape index (κ1) is 8.87. The predicted molar refractivity (Wildman–Crippen MR) is 57.7 cm³/mol. The first-order valence-electron chi connectivity index (χ1n) is 3.55. The number of nitrogens with zero attached hydrogens (tertiary/aromatic N) is 1. The smallest absolute Gasteiger partial charge is 0.120 e. The van der Waals surface area contributed by atoms with E-state index in [0.29, 0.717) is 4.64 Å². The van der Waals surface area contributed by atoms with Crippen LogP contribution in [-0.2, 0) is 0 Å². The van der Waals surface area contributed by atoms with E-state index in [1.165, 1.54) is 0 Å². The van der Waals surface area contributed by atoms with Crippen molar-refractivity contribution < 1.29 is 0 Å². The van der Waals surface area contributed by atoms with Gasteiger partial charge in [0.2, 0.25) is 0 Å². The number of thiophene rings is 1. The first-order chi connectivity index (χ1) is 6.27. The number of aromatic nitrogens is 2. The molecule has 1 N–H and O–H groups in total. The Balaban J connectivity index is 2.59. The number of hydrogen-bond acceptors (Lipinski definition) is 3. The summed E-state index contributed by atoms with van der Waals surface area (Å²) in [6, 6.07) is 3.71. The fraction of sp³-hybridized carbons (Fsp3) is 0. The number of rotatable bonds is 1. The molecule has 0 atom stereocenters. The lowest BCUT2D eigenvalue weighted by Gasteiger charge is -1.96. The maximum Gasteiger partial charge on any atom is 0.120 e. The second-order valence-electron chi connectivity index (χ2n) is 2.43. The summed E-state index contributed by atoms with van der Waals surface area (Å²) in [7, 11) is 0. The average molecular weight is 229 g/mol. The van der Waals surface area contributed by atoms with Gasteiger partial charge in [-0.2, -0.15) is 5.10 Å². The van der Waals surface area contributed by atoms with Crippen molar-refractivity contribution in [2.24, 2.45) is 0 Å². The molecule has 0 aliphatic rings. The van der Waals surface area contributed by atoms with Crippen molar-refractivity contribution in [2.45, 2.75) is 0 Å². The molecule has 0 aliphatic heterocycles. The van der Waals surface area contributed by atoms with Crippen LogP contribution in [0.25, 0.3) is 10.4 Å². The Bertz CT molecular complexity index is 475. The quantitative estimate of drug-likeness (QED) is 0.757. The first-order valence-corrected chi connectivity index (χ1v) is 5.22. The summed E-state index contributed by atoms with van der Waals surface area (Å²) in [6.07, 6.45) is 1.72. The highest BCUT2D eigenvalue weighted by Crippen LogP contribution is 2.32. The largest absolute Gasteiger partial charge is 0.268 e. The molecular weight excluding hydrogens is 224 g/mol. The lowest BCUT2D eigenvalue weighted by molar-refractivity contribution is 1.02. The Labute approximate surface area is 89.2 Å². The molecule has 0 amide bonds. The molecule has 13 heavy (non-hydrogen) atoms. The Morgan fingerprint density at radius 2 is 2.38 bits per heavy atom. The highest BCUT2D eigenvalue weighted by molar-refractivity contribution is 7.71. The molecule has 66 valence electrons. The van der Waals surface area contributed by atoms with Gasteiger partial charge in [0.05, 0.1) is 16.1 Å². The molecule has 0 aromatic carbocycles. The molecule has 5 heteroatoms. The predicted octanol–water partition coefficient (Wildman–Crippen LogP) is 3.52. The van der Waals surface area contributed by atoms with E-state index >= 15 is 0 Å². The molecule has 2 aromatic heterocycles. The molecule has 0 saturated heterocycles. The average Bonchev–Trinajstić information content (AvgIpc) is 2.51. The van der Waals surface area contributed by atoms with Crippen LogP contribution in [0.5, 0.6) is 0 Å². The van der Waals surface area contributed by atoms with E-state index in [0.717, 1.165) is 15.5 Å². The lowest BCUT2D eigenvalue weighted by Crippen LogP contribution is -1.81. The van der Waals surface area contributed by atoms with Crippen LogP contribution in [0, 0.1) is 4.64 Å². The van der Waals surface area contributed by atoms with E-state index in [1.54, 1.807) is 17.5 Å². The number of halogens is 1. The molecule has 2 heterocycles. The molecule has 0 fully saturated rings. The van der Waals surface area contributed by atoms with E-state index in [4.69, 9.17) is 23.8 Å². The zero-order chi connectivity index (χ0) is 9.26. The highest BCUT2D eigenvalue weighted by atomic mass is 35.5. The van der Waals surface area contributed by atoms with Crippen LogP contribution in [0.4, 0.5) is 0 Å². The number of hydrogen-bond donors (Lipinski definition) is 1. The van der Waals surface area contributed by atoms with Crippen LogP contribution in [-0.4, -0.2) is 10.2 Å². The summed E-state index contributed by atoms with van der Waals surface area (Å²) >= 11 is 12.5. The van der Waals surface area contributed by atoms with Gasteiger partial charge in [0, 0.05) is 5.56 Å². The van der Waals surface area contributed by atoms with Crippen molar-refractivity contribution in [1.29, 1.82) is 0 Å². The van der Waals surface area contributed by atoms with E-state index in [1.807, 2.05) is 17.5 Å². The monoisotopic (exact) mass is 228 g/mol.